The Bertz CT molecular complexity index is 1420. The van der Waals surface area contributed by atoms with Gasteiger partial charge in [-0.3, -0.25) is 4.98 Å². The second kappa shape index (κ2) is 6.93. The summed E-state index contributed by atoms with van der Waals surface area (Å²) in [7, 11) is 0. The number of benzene rings is 2. The Morgan fingerprint density at radius 2 is 1.68 bits per heavy atom. The van der Waals surface area contributed by atoms with Gasteiger partial charge in [0.1, 0.15) is 5.76 Å². The van der Waals surface area contributed by atoms with Crippen LogP contribution in [0.1, 0.15) is 52.9 Å². The van der Waals surface area contributed by atoms with Gasteiger partial charge in [0.2, 0.25) is 0 Å². The molecule has 0 unspecified atom stereocenters. The summed E-state index contributed by atoms with van der Waals surface area (Å²) in [5.41, 5.74) is 4.82. The molecule has 0 N–H and O–H groups in total. The predicted octanol–water partition coefficient (Wildman–Crippen LogP) is 8.75. The largest absolute Gasteiger partial charge is 0.459 e. The normalized spacial score (nSPS) is 13.0. The Hall–Kier alpha value is -2.65. The van der Waals surface area contributed by atoms with Crippen molar-refractivity contribution in [3.05, 3.63) is 66.1 Å². The molecule has 0 spiro atoms. The van der Waals surface area contributed by atoms with Crippen molar-refractivity contribution in [3.8, 4) is 11.3 Å². The summed E-state index contributed by atoms with van der Waals surface area (Å²) in [6.45, 7) is 13.5. The van der Waals surface area contributed by atoms with Crippen molar-refractivity contribution in [3.63, 3.8) is 0 Å². The molecule has 0 atom stereocenters. The molecule has 2 nitrogen and oxygen atoms in total. The van der Waals surface area contributed by atoms with Crippen LogP contribution < -0.4 is 0 Å². The zero-order chi connectivity index (χ0) is 22.0. The van der Waals surface area contributed by atoms with E-state index in [-0.39, 0.29) is 10.8 Å². The molecule has 31 heavy (non-hydrogen) atoms. The van der Waals surface area contributed by atoms with Crippen LogP contribution in [-0.4, -0.2) is 4.98 Å². The van der Waals surface area contributed by atoms with Crippen molar-refractivity contribution in [1.29, 1.82) is 0 Å². The first-order valence-corrected chi connectivity index (χ1v) is 11.8. The topological polar surface area (TPSA) is 26.0 Å². The number of aromatic nitrogens is 1. The van der Waals surface area contributed by atoms with Gasteiger partial charge in [-0.05, 0) is 52.4 Å². The fraction of sp³-hybridized carbons (Fsp3) is 0.321. The molecule has 0 aliphatic rings. The highest BCUT2D eigenvalue weighted by molar-refractivity contribution is 7.26. The highest BCUT2D eigenvalue weighted by Crippen LogP contribution is 2.43. The molecule has 2 aromatic carbocycles. The standard InChI is InChI=1S/C28H29NOS/c1-27(2,3)16-19-14-18(13-17-9-7-8-10-20(17)19)24-26-21(11-12-29-24)25-22(31-26)15-23(30-25)28(4,5)6/h7-15H,16H2,1-6H3. The number of nitrogens with zero attached hydrogens (tertiary/aromatic N) is 1. The van der Waals surface area contributed by atoms with E-state index in [4.69, 9.17) is 9.40 Å². The van der Waals surface area contributed by atoms with E-state index in [1.807, 2.05) is 6.20 Å². The molecule has 0 radical (unpaired) electrons. The van der Waals surface area contributed by atoms with Crippen LogP contribution in [0.3, 0.4) is 0 Å². The maximum absolute atomic E-state index is 6.32. The van der Waals surface area contributed by atoms with Gasteiger partial charge in [-0.15, -0.1) is 11.3 Å². The molecular formula is C28H29NOS. The zero-order valence-electron chi connectivity index (χ0n) is 19.2. The maximum atomic E-state index is 6.32. The van der Waals surface area contributed by atoms with E-state index in [0.717, 1.165) is 28.8 Å². The minimum atomic E-state index is 0.00112. The predicted molar refractivity (Wildman–Crippen MR) is 134 cm³/mol. The van der Waals surface area contributed by atoms with E-state index in [1.165, 1.54) is 31.3 Å². The first-order valence-electron chi connectivity index (χ1n) is 10.9. The molecule has 5 aromatic rings. The smallest absolute Gasteiger partial charge is 0.153 e. The monoisotopic (exact) mass is 427 g/mol. The summed E-state index contributed by atoms with van der Waals surface area (Å²) in [4.78, 5) is 4.84. The van der Waals surface area contributed by atoms with Crippen LogP contribution in [-0.2, 0) is 11.8 Å². The Balaban J connectivity index is 1.73. The number of fused-ring (bicyclic) bond motifs is 4. The lowest BCUT2D eigenvalue weighted by atomic mass is 9.85. The van der Waals surface area contributed by atoms with Crippen molar-refractivity contribution >= 4 is 42.5 Å². The van der Waals surface area contributed by atoms with Crippen molar-refractivity contribution in [2.75, 3.05) is 0 Å². The summed E-state index contributed by atoms with van der Waals surface area (Å²) in [5, 5.41) is 3.77. The summed E-state index contributed by atoms with van der Waals surface area (Å²) >= 11 is 1.79. The third-order valence-electron chi connectivity index (χ3n) is 5.74. The Labute approximate surface area is 187 Å². The number of thiophene rings is 1. The number of furan rings is 1. The van der Waals surface area contributed by atoms with E-state index in [9.17, 15) is 0 Å². The minimum absolute atomic E-state index is 0.00112. The highest BCUT2D eigenvalue weighted by atomic mass is 32.1. The van der Waals surface area contributed by atoms with Crippen LogP contribution in [0.5, 0.6) is 0 Å². The van der Waals surface area contributed by atoms with Gasteiger partial charge in [0.25, 0.3) is 0 Å². The molecule has 0 aliphatic heterocycles. The first-order chi connectivity index (χ1) is 14.6. The molecule has 0 amide bonds. The van der Waals surface area contributed by atoms with Gasteiger partial charge in [-0.1, -0.05) is 65.8 Å². The lowest BCUT2D eigenvalue weighted by molar-refractivity contribution is 0.412. The molecule has 5 rings (SSSR count). The zero-order valence-corrected chi connectivity index (χ0v) is 20.0. The highest BCUT2D eigenvalue weighted by Gasteiger charge is 2.23. The average molecular weight is 428 g/mol. The minimum Gasteiger partial charge on any atom is -0.459 e. The van der Waals surface area contributed by atoms with Crippen LogP contribution in [0, 0.1) is 5.41 Å². The molecule has 158 valence electrons. The third-order valence-corrected chi connectivity index (χ3v) is 6.88. The van der Waals surface area contributed by atoms with E-state index < -0.39 is 0 Å². The molecular weight excluding hydrogens is 398 g/mol. The maximum Gasteiger partial charge on any atom is 0.153 e. The molecule has 0 saturated carbocycles. The number of hydrogen-bond donors (Lipinski definition) is 0. The SMILES string of the molecule is CC(C)(C)Cc1cc(-c2nccc3c2sc2cc(C(C)(C)C)oc23)cc2ccccc12. The second-order valence-electron chi connectivity index (χ2n) is 10.8. The van der Waals surface area contributed by atoms with Crippen LogP contribution in [0.25, 0.3) is 42.4 Å². The number of rotatable bonds is 2. The number of hydrogen-bond acceptors (Lipinski definition) is 3. The van der Waals surface area contributed by atoms with Crippen molar-refractivity contribution in [2.45, 2.75) is 53.4 Å². The molecule has 0 bridgehead atoms. The fourth-order valence-electron chi connectivity index (χ4n) is 4.30. The molecule has 0 saturated heterocycles. The van der Waals surface area contributed by atoms with E-state index in [0.29, 0.717) is 0 Å². The van der Waals surface area contributed by atoms with Gasteiger partial charge >= 0.3 is 0 Å². The molecule has 3 heterocycles. The van der Waals surface area contributed by atoms with Crippen molar-refractivity contribution in [2.24, 2.45) is 5.41 Å². The summed E-state index contributed by atoms with van der Waals surface area (Å²) in [6, 6.07) is 17.6. The number of pyridine rings is 1. The van der Waals surface area contributed by atoms with Gasteiger partial charge in [0, 0.05) is 22.6 Å². The molecule has 0 aliphatic carbocycles. The lowest BCUT2D eigenvalue weighted by Crippen LogP contribution is -2.09. The molecule has 3 aromatic heterocycles. The first kappa shape index (κ1) is 20.3. The van der Waals surface area contributed by atoms with E-state index >= 15 is 0 Å². The van der Waals surface area contributed by atoms with Gasteiger partial charge < -0.3 is 4.42 Å². The fourth-order valence-corrected chi connectivity index (χ4v) is 5.47. The average Bonchev–Trinajstić information content (AvgIpc) is 3.25. The van der Waals surface area contributed by atoms with Crippen molar-refractivity contribution in [1.82, 2.24) is 4.98 Å². The molecule has 3 heteroatoms. The summed E-state index contributed by atoms with van der Waals surface area (Å²) in [6.07, 6.45) is 2.95. The summed E-state index contributed by atoms with van der Waals surface area (Å²) in [5.74, 6) is 1.03. The Kier molecular flexibility index (Phi) is 4.53. The van der Waals surface area contributed by atoms with E-state index in [2.05, 4.69) is 90.1 Å². The Morgan fingerprint density at radius 1 is 0.903 bits per heavy atom. The quantitative estimate of drug-likeness (QED) is 0.281. The summed E-state index contributed by atoms with van der Waals surface area (Å²) < 4.78 is 8.72. The Morgan fingerprint density at radius 3 is 2.42 bits per heavy atom. The van der Waals surface area contributed by atoms with Crippen LogP contribution in [0.2, 0.25) is 0 Å². The van der Waals surface area contributed by atoms with Gasteiger partial charge in [-0.2, -0.15) is 0 Å². The van der Waals surface area contributed by atoms with Crippen LogP contribution in [0.4, 0.5) is 0 Å². The molecule has 0 fully saturated rings. The van der Waals surface area contributed by atoms with E-state index in [1.54, 1.807) is 11.3 Å². The van der Waals surface area contributed by atoms with Crippen LogP contribution >= 0.6 is 11.3 Å². The van der Waals surface area contributed by atoms with Gasteiger partial charge in [-0.25, -0.2) is 0 Å². The third kappa shape index (κ3) is 3.65. The van der Waals surface area contributed by atoms with Crippen LogP contribution in [0.15, 0.2) is 59.1 Å². The van der Waals surface area contributed by atoms with Crippen molar-refractivity contribution < 1.29 is 4.42 Å². The second-order valence-corrected chi connectivity index (χ2v) is 11.8. The lowest BCUT2D eigenvalue weighted by Gasteiger charge is -2.20. The van der Waals surface area contributed by atoms with Gasteiger partial charge in [0.15, 0.2) is 5.58 Å². The van der Waals surface area contributed by atoms with Gasteiger partial charge in [0.05, 0.1) is 15.1 Å².